The Labute approximate surface area is 115 Å². The van der Waals surface area contributed by atoms with E-state index in [-0.39, 0.29) is 11.4 Å². The van der Waals surface area contributed by atoms with Gasteiger partial charge in [-0.3, -0.25) is 0 Å². The van der Waals surface area contributed by atoms with Crippen LogP contribution in [0.3, 0.4) is 0 Å². The van der Waals surface area contributed by atoms with Gasteiger partial charge in [0.05, 0.1) is 5.56 Å². The lowest BCUT2D eigenvalue weighted by molar-refractivity contribution is 0.429. The normalized spacial score (nSPS) is 12.1. The number of halogens is 1. The van der Waals surface area contributed by atoms with Crippen LogP contribution in [0.25, 0.3) is 0 Å². The molecule has 0 fully saturated rings. The van der Waals surface area contributed by atoms with Gasteiger partial charge in [0.2, 0.25) is 0 Å². The first-order valence-corrected chi connectivity index (χ1v) is 7.13. The maximum atomic E-state index is 13.9. The summed E-state index contributed by atoms with van der Waals surface area (Å²) in [6.07, 6.45) is 5.74. The standard InChI is InChI=1S/C16H23FN2/c1-3-5-10-15(7-4-2)19-12-14-9-6-8-13(11-18)16(14)17/h6,8-9,15,19H,3-5,7,10,12H2,1-2H3. The molecule has 1 aromatic rings. The lowest BCUT2D eigenvalue weighted by Gasteiger charge is -2.18. The van der Waals surface area contributed by atoms with Crippen molar-refractivity contribution in [1.82, 2.24) is 5.32 Å². The number of hydrogen-bond donors (Lipinski definition) is 1. The van der Waals surface area contributed by atoms with E-state index in [1.165, 1.54) is 18.9 Å². The molecule has 1 aromatic carbocycles. The maximum absolute atomic E-state index is 13.9. The summed E-state index contributed by atoms with van der Waals surface area (Å²) < 4.78 is 13.9. The highest BCUT2D eigenvalue weighted by atomic mass is 19.1. The maximum Gasteiger partial charge on any atom is 0.145 e. The third kappa shape index (κ3) is 5.00. The molecule has 0 saturated carbocycles. The summed E-state index contributed by atoms with van der Waals surface area (Å²) in [6, 6.07) is 7.31. The topological polar surface area (TPSA) is 35.8 Å². The molecular weight excluding hydrogens is 239 g/mol. The van der Waals surface area contributed by atoms with E-state index in [0.29, 0.717) is 18.2 Å². The van der Waals surface area contributed by atoms with Gasteiger partial charge < -0.3 is 5.32 Å². The highest BCUT2D eigenvalue weighted by Gasteiger charge is 2.10. The monoisotopic (exact) mass is 262 g/mol. The number of nitriles is 1. The minimum atomic E-state index is -0.386. The summed E-state index contributed by atoms with van der Waals surface area (Å²) in [4.78, 5) is 0. The van der Waals surface area contributed by atoms with E-state index in [4.69, 9.17) is 5.26 Å². The van der Waals surface area contributed by atoms with E-state index < -0.39 is 0 Å². The van der Waals surface area contributed by atoms with Crippen LogP contribution in [0.5, 0.6) is 0 Å². The summed E-state index contributed by atoms with van der Waals surface area (Å²) >= 11 is 0. The molecule has 3 heteroatoms. The molecule has 0 saturated heterocycles. The summed E-state index contributed by atoms with van der Waals surface area (Å²) in [5.41, 5.74) is 0.705. The van der Waals surface area contributed by atoms with Gasteiger partial charge in [0.15, 0.2) is 0 Å². The smallest absolute Gasteiger partial charge is 0.145 e. The predicted molar refractivity (Wildman–Crippen MR) is 76.2 cm³/mol. The molecule has 1 N–H and O–H groups in total. The number of benzene rings is 1. The number of nitrogens with one attached hydrogen (secondary N) is 1. The Hall–Kier alpha value is -1.40. The van der Waals surface area contributed by atoms with Crippen molar-refractivity contribution >= 4 is 0 Å². The Morgan fingerprint density at radius 1 is 1.26 bits per heavy atom. The fourth-order valence-electron chi connectivity index (χ4n) is 2.20. The molecule has 0 bridgehead atoms. The van der Waals surface area contributed by atoms with Gasteiger partial charge in [-0.1, -0.05) is 45.2 Å². The van der Waals surface area contributed by atoms with Crippen LogP contribution in [0, 0.1) is 17.1 Å². The van der Waals surface area contributed by atoms with Crippen LogP contribution >= 0.6 is 0 Å². The van der Waals surface area contributed by atoms with Crippen molar-refractivity contribution in [3.8, 4) is 6.07 Å². The number of rotatable bonds is 8. The lowest BCUT2D eigenvalue weighted by Crippen LogP contribution is -2.28. The Morgan fingerprint density at radius 2 is 2.05 bits per heavy atom. The van der Waals surface area contributed by atoms with E-state index in [1.54, 1.807) is 12.1 Å². The van der Waals surface area contributed by atoms with Gasteiger partial charge in [0.25, 0.3) is 0 Å². The minimum Gasteiger partial charge on any atom is -0.310 e. The third-order valence-electron chi connectivity index (χ3n) is 3.32. The molecule has 1 unspecified atom stereocenters. The molecule has 0 radical (unpaired) electrons. The van der Waals surface area contributed by atoms with Crippen LogP contribution in [0.15, 0.2) is 18.2 Å². The largest absolute Gasteiger partial charge is 0.310 e. The van der Waals surface area contributed by atoms with Crippen molar-refractivity contribution < 1.29 is 4.39 Å². The minimum absolute atomic E-state index is 0.125. The van der Waals surface area contributed by atoms with Crippen molar-refractivity contribution in [1.29, 1.82) is 5.26 Å². The first-order valence-electron chi connectivity index (χ1n) is 7.13. The van der Waals surface area contributed by atoms with Gasteiger partial charge in [0, 0.05) is 18.2 Å². The highest BCUT2D eigenvalue weighted by Crippen LogP contribution is 2.13. The zero-order valence-corrected chi connectivity index (χ0v) is 11.9. The zero-order valence-electron chi connectivity index (χ0n) is 11.9. The SMILES string of the molecule is CCCCC(CCC)NCc1cccc(C#N)c1F. The molecule has 0 aliphatic carbocycles. The molecule has 0 heterocycles. The first-order chi connectivity index (χ1) is 9.22. The van der Waals surface area contributed by atoms with Crippen LogP contribution < -0.4 is 5.32 Å². The van der Waals surface area contributed by atoms with E-state index in [0.717, 1.165) is 19.3 Å². The second-order valence-corrected chi connectivity index (χ2v) is 4.90. The molecular formula is C16H23FN2. The second-order valence-electron chi connectivity index (χ2n) is 4.90. The third-order valence-corrected chi connectivity index (χ3v) is 3.32. The van der Waals surface area contributed by atoms with E-state index in [2.05, 4.69) is 19.2 Å². The van der Waals surface area contributed by atoms with Gasteiger partial charge in [-0.2, -0.15) is 5.26 Å². The van der Waals surface area contributed by atoms with Crippen LogP contribution in [0.2, 0.25) is 0 Å². The van der Waals surface area contributed by atoms with E-state index in [9.17, 15) is 4.39 Å². The average Bonchev–Trinajstić information content (AvgIpc) is 2.43. The molecule has 0 aliphatic heterocycles. The molecule has 2 nitrogen and oxygen atoms in total. The fraction of sp³-hybridized carbons (Fsp3) is 0.562. The van der Waals surface area contributed by atoms with Crippen molar-refractivity contribution in [2.45, 2.75) is 58.5 Å². The van der Waals surface area contributed by atoms with Gasteiger partial charge in [0.1, 0.15) is 11.9 Å². The van der Waals surface area contributed by atoms with Crippen molar-refractivity contribution in [2.24, 2.45) is 0 Å². The van der Waals surface area contributed by atoms with Crippen LogP contribution in [-0.2, 0) is 6.54 Å². The highest BCUT2D eigenvalue weighted by molar-refractivity contribution is 5.34. The summed E-state index contributed by atoms with van der Waals surface area (Å²) in [5.74, 6) is -0.386. The fourth-order valence-corrected chi connectivity index (χ4v) is 2.20. The van der Waals surface area contributed by atoms with Crippen molar-refractivity contribution in [2.75, 3.05) is 0 Å². The summed E-state index contributed by atoms with van der Waals surface area (Å²) in [6.45, 7) is 4.84. The van der Waals surface area contributed by atoms with Crippen LogP contribution in [0.1, 0.15) is 57.1 Å². The van der Waals surface area contributed by atoms with Crippen molar-refractivity contribution in [3.63, 3.8) is 0 Å². The Bertz CT molecular complexity index is 423. The van der Waals surface area contributed by atoms with Crippen LogP contribution in [0.4, 0.5) is 4.39 Å². The second kappa shape index (κ2) is 8.66. The molecule has 0 aliphatic rings. The van der Waals surface area contributed by atoms with E-state index >= 15 is 0 Å². The van der Waals surface area contributed by atoms with Gasteiger partial charge >= 0.3 is 0 Å². The Morgan fingerprint density at radius 3 is 2.68 bits per heavy atom. The molecule has 104 valence electrons. The molecule has 0 amide bonds. The first kappa shape index (κ1) is 15.7. The van der Waals surface area contributed by atoms with Crippen LogP contribution in [-0.4, -0.2) is 6.04 Å². The summed E-state index contributed by atoms with van der Waals surface area (Å²) in [7, 11) is 0. The molecule has 0 spiro atoms. The number of nitrogens with zero attached hydrogens (tertiary/aromatic N) is 1. The Balaban J connectivity index is 2.61. The van der Waals surface area contributed by atoms with Crippen molar-refractivity contribution in [3.05, 3.63) is 35.1 Å². The number of unbranched alkanes of at least 4 members (excludes halogenated alkanes) is 1. The molecule has 19 heavy (non-hydrogen) atoms. The number of hydrogen-bond acceptors (Lipinski definition) is 2. The molecule has 1 atom stereocenters. The van der Waals surface area contributed by atoms with E-state index in [1.807, 2.05) is 6.07 Å². The summed E-state index contributed by atoms with van der Waals surface area (Å²) in [5, 5.41) is 12.2. The van der Waals surface area contributed by atoms with Gasteiger partial charge in [-0.25, -0.2) is 4.39 Å². The molecule has 1 rings (SSSR count). The van der Waals surface area contributed by atoms with Gasteiger partial charge in [-0.05, 0) is 18.9 Å². The molecule has 0 aromatic heterocycles. The predicted octanol–water partition coefficient (Wildman–Crippen LogP) is 4.15. The quantitative estimate of drug-likeness (QED) is 0.764. The lowest BCUT2D eigenvalue weighted by atomic mass is 10.0. The average molecular weight is 262 g/mol. The zero-order chi connectivity index (χ0) is 14.1. The van der Waals surface area contributed by atoms with Gasteiger partial charge in [-0.15, -0.1) is 0 Å². The Kier molecular flexibility index (Phi) is 7.14.